The fraction of sp³-hybridized carbons (Fsp3) is 0.353. The molecule has 0 aliphatic carbocycles. The number of anilines is 1. The maximum Gasteiger partial charge on any atom is 0.243 e. The van der Waals surface area contributed by atoms with Gasteiger partial charge in [0.2, 0.25) is 15.9 Å². The van der Waals surface area contributed by atoms with E-state index in [0.29, 0.717) is 30.3 Å². The summed E-state index contributed by atoms with van der Waals surface area (Å²) in [6.07, 6.45) is 1.78. The van der Waals surface area contributed by atoms with Gasteiger partial charge in [-0.05, 0) is 43.2 Å². The topological polar surface area (TPSA) is 66.5 Å². The summed E-state index contributed by atoms with van der Waals surface area (Å²) in [5, 5.41) is 2.77. The molecule has 3 rings (SSSR count). The molecule has 2 aromatic rings. The quantitative estimate of drug-likeness (QED) is 0.719. The van der Waals surface area contributed by atoms with E-state index in [-0.39, 0.29) is 10.8 Å². The summed E-state index contributed by atoms with van der Waals surface area (Å²) in [6.45, 7) is 1.12. The van der Waals surface area contributed by atoms with Gasteiger partial charge in [-0.25, -0.2) is 8.42 Å². The van der Waals surface area contributed by atoms with Crippen molar-refractivity contribution in [3.63, 3.8) is 0 Å². The SMILES string of the molecule is O=C(CSCc1ccc(Cl)s1)Nc1cccc(S(=O)(=O)N2CCCC2)c1. The van der Waals surface area contributed by atoms with E-state index >= 15 is 0 Å². The van der Waals surface area contributed by atoms with Crippen LogP contribution in [0.5, 0.6) is 0 Å². The number of thioether (sulfide) groups is 1. The standard InChI is InChI=1S/C17H19ClN2O3S3/c18-16-7-6-14(25-16)11-24-12-17(21)19-13-4-3-5-15(10-13)26(22,23)20-8-1-2-9-20/h3-7,10H,1-2,8-9,11-12H2,(H,19,21). The zero-order chi connectivity index (χ0) is 18.6. The van der Waals surface area contributed by atoms with E-state index in [1.807, 2.05) is 12.1 Å². The van der Waals surface area contributed by atoms with Gasteiger partial charge in [0, 0.05) is 29.4 Å². The van der Waals surface area contributed by atoms with Crippen molar-refractivity contribution in [2.75, 3.05) is 24.2 Å². The van der Waals surface area contributed by atoms with E-state index in [1.165, 1.54) is 33.5 Å². The van der Waals surface area contributed by atoms with Gasteiger partial charge in [-0.1, -0.05) is 17.7 Å². The molecule has 1 amide bonds. The highest BCUT2D eigenvalue weighted by Gasteiger charge is 2.27. The lowest BCUT2D eigenvalue weighted by molar-refractivity contribution is -0.113. The predicted octanol–water partition coefficient (Wildman–Crippen LogP) is 4.06. The summed E-state index contributed by atoms with van der Waals surface area (Å²) >= 11 is 8.88. The van der Waals surface area contributed by atoms with Crippen LogP contribution in [-0.4, -0.2) is 37.5 Å². The van der Waals surface area contributed by atoms with E-state index < -0.39 is 10.0 Å². The van der Waals surface area contributed by atoms with Crippen LogP contribution in [0.4, 0.5) is 5.69 Å². The van der Waals surface area contributed by atoms with E-state index in [9.17, 15) is 13.2 Å². The molecule has 1 aliphatic heterocycles. The van der Waals surface area contributed by atoms with Gasteiger partial charge in [0.05, 0.1) is 15.0 Å². The number of carbonyl (C=O) groups is 1. The molecular weight excluding hydrogens is 412 g/mol. The van der Waals surface area contributed by atoms with Crippen molar-refractivity contribution in [1.82, 2.24) is 4.31 Å². The Hall–Kier alpha value is -1.06. The number of nitrogens with zero attached hydrogens (tertiary/aromatic N) is 1. The zero-order valence-electron chi connectivity index (χ0n) is 14.0. The average Bonchev–Trinajstić information content (AvgIpc) is 3.27. The van der Waals surface area contributed by atoms with E-state index in [2.05, 4.69) is 5.32 Å². The van der Waals surface area contributed by atoms with Gasteiger partial charge >= 0.3 is 0 Å². The second-order valence-electron chi connectivity index (χ2n) is 5.89. The Morgan fingerprint density at radius 3 is 2.69 bits per heavy atom. The Kier molecular flexibility index (Phi) is 6.63. The number of hydrogen-bond donors (Lipinski definition) is 1. The lowest BCUT2D eigenvalue weighted by atomic mass is 10.3. The molecular formula is C17H19ClN2O3S3. The van der Waals surface area contributed by atoms with Crippen LogP contribution in [0.2, 0.25) is 4.34 Å². The molecule has 0 bridgehead atoms. The summed E-state index contributed by atoms with van der Waals surface area (Å²) in [5.74, 6) is 0.848. The van der Waals surface area contributed by atoms with Crippen molar-refractivity contribution in [3.05, 3.63) is 45.6 Å². The maximum atomic E-state index is 12.6. The van der Waals surface area contributed by atoms with Crippen molar-refractivity contribution < 1.29 is 13.2 Å². The summed E-state index contributed by atoms with van der Waals surface area (Å²) < 4.78 is 27.4. The second kappa shape index (κ2) is 8.75. The molecule has 1 saturated heterocycles. The number of halogens is 1. The third kappa shape index (κ3) is 5.01. The number of sulfonamides is 1. The molecule has 0 spiro atoms. The monoisotopic (exact) mass is 430 g/mol. The van der Waals surface area contributed by atoms with Gasteiger partial charge in [0.25, 0.3) is 0 Å². The molecule has 1 aromatic carbocycles. The van der Waals surface area contributed by atoms with Crippen molar-refractivity contribution >= 4 is 56.3 Å². The number of rotatable bonds is 7. The average molecular weight is 431 g/mol. The number of carbonyl (C=O) groups excluding carboxylic acids is 1. The summed E-state index contributed by atoms with van der Waals surface area (Å²) in [6, 6.07) is 10.2. The number of hydrogen-bond acceptors (Lipinski definition) is 5. The molecule has 140 valence electrons. The van der Waals surface area contributed by atoms with Gasteiger partial charge in [-0.2, -0.15) is 4.31 Å². The Bertz CT molecular complexity index is 877. The molecule has 1 fully saturated rings. The lowest BCUT2D eigenvalue weighted by Gasteiger charge is -2.16. The van der Waals surface area contributed by atoms with Crippen LogP contribution in [0.3, 0.4) is 0 Å². The first-order valence-electron chi connectivity index (χ1n) is 8.17. The van der Waals surface area contributed by atoms with Crippen LogP contribution < -0.4 is 5.32 Å². The molecule has 1 N–H and O–H groups in total. The van der Waals surface area contributed by atoms with Gasteiger partial charge in [0.1, 0.15) is 0 Å². The highest BCUT2D eigenvalue weighted by molar-refractivity contribution is 7.99. The smallest absolute Gasteiger partial charge is 0.243 e. The van der Waals surface area contributed by atoms with Gasteiger partial charge < -0.3 is 5.32 Å². The molecule has 0 unspecified atom stereocenters. The van der Waals surface area contributed by atoms with Crippen LogP contribution in [0, 0.1) is 0 Å². The van der Waals surface area contributed by atoms with Gasteiger partial charge in [-0.3, -0.25) is 4.79 Å². The van der Waals surface area contributed by atoms with Crippen LogP contribution in [0.1, 0.15) is 17.7 Å². The van der Waals surface area contributed by atoms with Crippen molar-refractivity contribution in [1.29, 1.82) is 0 Å². The third-order valence-electron chi connectivity index (χ3n) is 3.93. The fourth-order valence-corrected chi connectivity index (χ4v) is 6.27. The molecule has 0 saturated carbocycles. The molecule has 9 heteroatoms. The third-order valence-corrected chi connectivity index (χ3v) is 8.22. The van der Waals surface area contributed by atoms with Crippen molar-refractivity contribution in [2.24, 2.45) is 0 Å². The molecule has 0 atom stereocenters. The highest BCUT2D eigenvalue weighted by atomic mass is 35.5. The second-order valence-corrected chi connectivity index (χ2v) is 10.6. The molecule has 1 aliphatic rings. The molecule has 2 heterocycles. The molecule has 26 heavy (non-hydrogen) atoms. The van der Waals surface area contributed by atoms with Crippen molar-refractivity contribution in [2.45, 2.75) is 23.5 Å². The van der Waals surface area contributed by atoms with Crippen LogP contribution in [-0.2, 0) is 20.6 Å². The predicted molar refractivity (Wildman–Crippen MR) is 109 cm³/mol. The minimum atomic E-state index is -3.48. The lowest BCUT2D eigenvalue weighted by Crippen LogP contribution is -2.28. The first-order chi connectivity index (χ1) is 12.4. The van der Waals surface area contributed by atoms with E-state index in [4.69, 9.17) is 11.6 Å². The Morgan fingerprint density at radius 1 is 1.23 bits per heavy atom. The number of benzene rings is 1. The number of amides is 1. The molecule has 1 aromatic heterocycles. The summed E-state index contributed by atoms with van der Waals surface area (Å²) in [5.41, 5.74) is 0.495. The van der Waals surface area contributed by atoms with Crippen LogP contribution >= 0.6 is 34.7 Å². The highest BCUT2D eigenvalue weighted by Crippen LogP contribution is 2.26. The minimum Gasteiger partial charge on any atom is -0.325 e. The van der Waals surface area contributed by atoms with E-state index in [0.717, 1.165) is 22.1 Å². The Labute approximate surface area is 166 Å². The van der Waals surface area contributed by atoms with E-state index in [1.54, 1.807) is 18.2 Å². The fourth-order valence-electron chi connectivity index (χ4n) is 2.68. The summed E-state index contributed by atoms with van der Waals surface area (Å²) in [7, 11) is -3.48. The Morgan fingerprint density at radius 2 is 2.00 bits per heavy atom. The van der Waals surface area contributed by atoms with Crippen molar-refractivity contribution in [3.8, 4) is 0 Å². The van der Waals surface area contributed by atoms with Crippen LogP contribution in [0.25, 0.3) is 0 Å². The first-order valence-corrected chi connectivity index (χ1v) is 12.0. The largest absolute Gasteiger partial charge is 0.325 e. The normalized spacial score (nSPS) is 15.3. The van der Waals surface area contributed by atoms with Gasteiger partial charge in [-0.15, -0.1) is 23.1 Å². The zero-order valence-corrected chi connectivity index (χ0v) is 17.2. The Balaban J connectivity index is 1.57. The van der Waals surface area contributed by atoms with Crippen LogP contribution in [0.15, 0.2) is 41.3 Å². The minimum absolute atomic E-state index is 0.159. The van der Waals surface area contributed by atoms with Gasteiger partial charge in [0.15, 0.2) is 0 Å². The summed E-state index contributed by atoms with van der Waals surface area (Å²) in [4.78, 5) is 13.4. The molecule has 5 nitrogen and oxygen atoms in total. The molecule has 0 radical (unpaired) electrons. The maximum absolute atomic E-state index is 12.6. The number of nitrogens with one attached hydrogen (secondary N) is 1. The number of thiophene rings is 1. The first kappa shape index (κ1) is 19.7.